The minimum Gasteiger partial charge on any atom is -0.389 e. The van der Waals surface area contributed by atoms with Crippen LogP contribution in [0.3, 0.4) is 0 Å². The fourth-order valence-electron chi connectivity index (χ4n) is 4.73. The number of likely N-dealkylation sites (tertiary alicyclic amines) is 1. The highest BCUT2D eigenvalue weighted by molar-refractivity contribution is 5.80. The van der Waals surface area contributed by atoms with Gasteiger partial charge in [0.05, 0.1) is 17.6 Å². The van der Waals surface area contributed by atoms with Gasteiger partial charge in [0, 0.05) is 38.0 Å². The number of ether oxygens (including phenoxy) is 1. The fourth-order valence-corrected chi connectivity index (χ4v) is 4.73. The van der Waals surface area contributed by atoms with Crippen LogP contribution >= 0.6 is 0 Å². The Morgan fingerprint density at radius 3 is 2.92 bits per heavy atom. The topological polar surface area (TPSA) is 62.7 Å². The Balaban J connectivity index is 1.47. The highest BCUT2D eigenvalue weighted by Gasteiger charge is 2.46. The molecule has 1 aromatic rings. The number of hydrogen-bond donors (Lipinski definition) is 1. The highest BCUT2D eigenvalue weighted by atomic mass is 16.5. The molecule has 3 heterocycles. The highest BCUT2D eigenvalue weighted by Crippen LogP contribution is 2.42. The molecule has 3 fully saturated rings. The summed E-state index contributed by atoms with van der Waals surface area (Å²) in [7, 11) is 0. The molecule has 0 bridgehead atoms. The quantitative estimate of drug-likeness (QED) is 0.904. The van der Waals surface area contributed by atoms with Crippen LogP contribution in [0.5, 0.6) is 0 Å². The van der Waals surface area contributed by atoms with Crippen molar-refractivity contribution in [3.05, 3.63) is 30.1 Å². The van der Waals surface area contributed by atoms with Gasteiger partial charge in [-0.25, -0.2) is 0 Å². The van der Waals surface area contributed by atoms with Crippen molar-refractivity contribution in [2.45, 2.75) is 50.2 Å². The Bertz CT molecular complexity index is 594. The van der Waals surface area contributed by atoms with Gasteiger partial charge in [-0.05, 0) is 43.4 Å². The number of fused-ring (bicyclic) bond motifs is 1. The molecule has 5 nitrogen and oxygen atoms in total. The minimum atomic E-state index is -0.536. The van der Waals surface area contributed by atoms with E-state index < -0.39 is 5.60 Å². The molecule has 0 aromatic carbocycles. The summed E-state index contributed by atoms with van der Waals surface area (Å²) < 4.78 is 5.87. The number of nitrogens with zero attached hydrogens (tertiary/aromatic N) is 2. The summed E-state index contributed by atoms with van der Waals surface area (Å²) in [4.78, 5) is 19.1. The van der Waals surface area contributed by atoms with E-state index in [2.05, 4.69) is 4.98 Å². The van der Waals surface area contributed by atoms with E-state index in [-0.39, 0.29) is 23.8 Å². The zero-order valence-corrected chi connectivity index (χ0v) is 14.1. The standard InChI is InChI=1S/C19H26N2O3/c22-18(16-6-12-24-17(16)14-4-9-20-10-5-14)21-11-8-19(23)7-2-1-3-15(19)13-21/h4-5,9-10,15-17,23H,1-3,6-8,11-13H2/t15?,16-,17+,19?/m1/s1. The number of piperidine rings is 1. The van der Waals surface area contributed by atoms with E-state index in [9.17, 15) is 9.90 Å². The zero-order valence-electron chi connectivity index (χ0n) is 14.1. The first-order chi connectivity index (χ1) is 11.7. The van der Waals surface area contributed by atoms with Crippen LogP contribution in [0, 0.1) is 11.8 Å². The van der Waals surface area contributed by atoms with Gasteiger partial charge in [0.2, 0.25) is 5.91 Å². The summed E-state index contributed by atoms with van der Waals surface area (Å²) in [5.74, 6) is 0.328. The monoisotopic (exact) mass is 330 g/mol. The van der Waals surface area contributed by atoms with Crippen LogP contribution < -0.4 is 0 Å². The lowest BCUT2D eigenvalue weighted by Gasteiger charge is -2.48. The Hall–Kier alpha value is -1.46. The molecule has 130 valence electrons. The van der Waals surface area contributed by atoms with Gasteiger partial charge in [-0.2, -0.15) is 0 Å². The Morgan fingerprint density at radius 2 is 2.08 bits per heavy atom. The third-order valence-corrected chi connectivity index (χ3v) is 6.18. The predicted molar refractivity (Wildman–Crippen MR) is 89.1 cm³/mol. The van der Waals surface area contributed by atoms with Gasteiger partial charge in [0.1, 0.15) is 0 Å². The normalized spacial score (nSPS) is 36.4. The number of aliphatic hydroxyl groups is 1. The van der Waals surface area contributed by atoms with Crippen molar-refractivity contribution in [2.75, 3.05) is 19.7 Å². The summed E-state index contributed by atoms with van der Waals surface area (Å²) in [6.07, 6.45) is 9.05. The molecule has 0 spiro atoms. The van der Waals surface area contributed by atoms with Crippen LogP contribution in [0.4, 0.5) is 0 Å². The van der Waals surface area contributed by atoms with Gasteiger partial charge in [0.15, 0.2) is 0 Å². The number of rotatable bonds is 2. The number of carbonyl (C=O) groups is 1. The predicted octanol–water partition coefficient (Wildman–Crippen LogP) is 2.31. The van der Waals surface area contributed by atoms with Crippen molar-refractivity contribution in [2.24, 2.45) is 11.8 Å². The molecule has 1 saturated carbocycles. The van der Waals surface area contributed by atoms with Crippen LogP contribution in [-0.4, -0.2) is 46.2 Å². The lowest BCUT2D eigenvalue weighted by Crippen LogP contribution is -2.55. The first-order valence-corrected chi connectivity index (χ1v) is 9.20. The van der Waals surface area contributed by atoms with Gasteiger partial charge < -0.3 is 14.7 Å². The molecule has 4 atom stereocenters. The van der Waals surface area contributed by atoms with Gasteiger partial charge in [-0.15, -0.1) is 0 Å². The molecule has 1 N–H and O–H groups in total. The molecule has 2 aliphatic heterocycles. The SMILES string of the molecule is O=C([C@@H]1CCO[C@H]1c1ccncc1)N1CCC2(O)CCCCC2C1. The minimum absolute atomic E-state index is 0.109. The van der Waals surface area contributed by atoms with Gasteiger partial charge in [0.25, 0.3) is 0 Å². The van der Waals surface area contributed by atoms with E-state index in [0.717, 1.165) is 37.7 Å². The first-order valence-electron chi connectivity index (χ1n) is 9.20. The largest absolute Gasteiger partial charge is 0.389 e. The molecule has 3 aliphatic rings. The van der Waals surface area contributed by atoms with Gasteiger partial charge in [-0.1, -0.05) is 12.8 Å². The molecule has 24 heavy (non-hydrogen) atoms. The third-order valence-electron chi connectivity index (χ3n) is 6.18. The van der Waals surface area contributed by atoms with Crippen molar-refractivity contribution in [3.63, 3.8) is 0 Å². The molecule has 0 radical (unpaired) electrons. The Labute approximate surface area is 143 Å². The number of amides is 1. The molecular formula is C19H26N2O3. The van der Waals surface area contributed by atoms with Crippen molar-refractivity contribution < 1.29 is 14.6 Å². The molecule has 1 amide bonds. The molecule has 1 aliphatic carbocycles. The average molecular weight is 330 g/mol. The van der Waals surface area contributed by atoms with E-state index in [1.54, 1.807) is 12.4 Å². The summed E-state index contributed by atoms with van der Waals surface area (Å²) >= 11 is 0. The second-order valence-electron chi connectivity index (χ2n) is 7.55. The molecule has 2 saturated heterocycles. The number of pyridine rings is 1. The maximum absolute atomic E-state index is 13.1. The molecule has 2 unspecified atom stereocenters. The van der Waals surface area contributed by atoms with E-state index >= 15 is 0 Å². The van der Waals surface area contributed by atoms with Gasteiger partial charge >= 0.3 is 0 Å². The van der Waals surface area contributed by atoms with E-state index in [1.165, 1.54) is 6.42 Å². The fraction of sp³-hybridized carbons (Fsp3) is 0.684. The van der Waals surface area contributed by atoms with E-state index in [0.29, 0.717) is 19.7 Å². The smallest absolute Gasteiger partial charge is 0.228 e. The average Bonchev–Trinajstić information content (AvgIpc) is 3.11. The maximum atomic E-state index is 13.1. The van der Waals surface area contributed by atoms with Crippen molar-refractivity contribution in [1.29, 1.82) is 0 Å². The van der Waals surface area contributed by atoms with Crippen LogP contribution in [-0.2, 0) is 9.53 Å². The number of hydrogen-bond acceptors (Lipinski definition) is 4. The number of aromatic nitrogens is 1. The summed E-state index contributed by atoms with van der Waals surface area (Å²) in [6.45, 7) is 2.00. The third kappa shape index (κ3) is 2.84. The zero-order chi connectivity index (χ0) is 16.6. The van der Waals surface area contributed by atoms with Crippen LogP contribution in [0.2, 0.25) is 0 Å². The summed E-state index contributed by atoms with van der Waals surface area (Å²) in [6, 6.07) is 3.87. The second-order valence-corrected chi connectivity index (χ2v) is 7.55. The van der Waals surface area contributed by atoms with E-state index in [1.807, 2.05) is 17.0 Å². The maximum Gasteiger partial charge on any atom is 0.228 e. The molecule has 1 aromatic heterocycles. The van der Waals surface area contributed by atoms with Gasteiger partial charge in [-0.3, -0.25) is 9.78 Å². The van der Waals surface area contributed by atoms with Crippen LogP contribution in [0.15, 0.2) is 24.5 Å². The lowest BCUT2D eigenvalue weighted by atomic mass is 9.71. The van der Waals surface area contributed by atoms with Crippen molar-refractivity contribution in [1.82, 2.24) is 9.88 Å². The van der Waals surface area contributed by atoms with Crippen molar-refractivity contribution >= 4 is 5.91 Å². The van der Waals surface area contributed by atoms with Crippen LogP contribution in [0.1, 0.15) is 50.2 Å². The number of carbonyl (C=O) groups excluding carboxylic acids is 1. The van der Waals surface area contributed by atoms with E-state index in [4.69, 9.17) is 4.74 Å². The lowest BCUT2D eigenvalue weighted by molar-refractivity contribution is -0.149. The van der Waals surface area contributed by atoms with Crippen LogP contribution in [0.25, 0.3) is 0 Å². The van der Waals surface area contributed by atoms with Crippen molar-refractivity contribution in [3.8, 4) is 0 Å². The summed E-state index contributed by atoms with van der Waals surface area (Å²) in [5.41, 5.74) is 0.498. The molecule has 4 rings (SSSR count). The molecule has 5 heteroatoms. The first kappa shape index (κ1) is 16.0. The second kappa shape index (κ2) is 6.45. The Kier molecular flexibility index (Phi) is 4.31. The molecular weight excluding hydrogens is 304 g/mol. The summed E-state index contributed by atoms with van der Waals surface area (Å²) in [5, 5.41) is 10.8. The Morgan fingerprint density at radius 1 is 1.25 bits per heavy atom.